The number of aliphatic imine (C=N–C) groups is 1. The second-order valence-corrected chi connectivity index (χ2v) is 9.59. The molecule has 37 heavy (non-hydrogen) atoms. The largest absolute Gasteiger partial charge is 0.472 e. The van der Waals surface area contributed by atoms with Crippen LogP contribution in [0.4, 0.5) is 10.7 Å². The highest BCUT2D eigenvalue weighted by Gasteiger charge is 2.43. The van der Waals surface area contributed by atoms with Crippen LogP contribution < -0.4 is 28.1 Å². The van der Waals surface area contributed by atoms with Crippen LogP contribution in [-0.4, -0.2) is 90.5 Å². The Bertz CT molecular complexity index is 1280. The summed E-state index contributed by atoms with van der Waals surface area (Å²) in [6.07, 6.45) is -5.00. The summed E-state index contributed by atoms with van der Waals surface area (Å²) in [6, 6.07) is -0.916. The molecule has 3 unspecified atom stereocenters. The van der Waals surface area contributed by atoms with E-state index in [1.54, 1.807) is 0 Å². The first-order valence-corrected chi connectivity index (χ1v) is 12.3. The number of amides is 2. The van der Waals surface area contributed by atoms with Crippen molar-refractivity contribution in [3.63, 3.8) is 0 Å². The van der Waals surface area contributed by atoms with E-state index in [-0.39, 0.29) is 30.0 Å². The fourth-order valence-electron chi connectivity index (χ4n) is 3.93. The molecule has 0 aliphatic carbocycles. The van der Waals surface area contributed by atoms with Crippen molar-refractivity contribution in [3.8, 4) is 0 Å². The molecule has 11 N–H and O–H groups in total. The van der Waals surface area contributed by atoms with E-state index in [2.05, 4.69) is 25.3 Å². The summed E-state index contributed by atoms with van der Waals surface area (Å²) < 4.78 is 35.2. The van der Waals surface area contributed by atoms with Gasteiger partial charge in [0.05, 0.1) is 25.6 Å². The summed E-state index contributed by atoms with van der Waals surface area (Å²) in [5.74, 6) is -0.615. The molecule has 0 bridgehead atoms. The van der Waals surface area contributed by atoms with Gasteiger partial charge in [0.1, 0.15) is 30.8 Å². The van der Waals surface area contributed by atoms with E-state index in [1.807, 2.05) is 0 Å². The number of carbonyl (C=O) groups is 1. The molecule has 0 aromatic carbocycles. The first-order chi connectivity index (χ1) is 17.5. The number of aliphatic hydroxyl groups is 2. The van der Waals surface area contributed by atoms with Crippen LogP contribution in [0.5, 0.6) is 0 Å². The molecule has 20 heteroatoms. The molecule has 204 valence electrons. The zero-order valence-corrected chi connectivity index (χ0v) is 19.9. The minimum absolute atomic E-state index is 0.0188. The lowest BCUT2D eigenvalue weighted by atomic mass is 10.2. The number of phosphoric acid groups is 1. The topological polar surface area (TPSA) is 298 Å². The van der Waals surface area contributed by atoms with Gasteiger partial charge in [0.2, 0.25) is 5.95 Å². The lowest BCUT2D eigenvalue weighted by molar-refractivity contribution is -0.0515. The Labute approximate surface area is 207 Å². The minimum Gasteiger partial charge on any atom is -0.394 e. The van der Waals surface area contributed by atoms with Crippen LogP contribution in [0.1, 0.15) is 19.1 Å². The van der Waals surface area contributed by atoms with Crippen LogP contribution in [-0.2, 0) is 23.1 Å². The molecule has 2 aliphatic rings. The van der Waals surface area contributed by atoms with E-state index in [4.69, 9.17) is 35.7 Å². The van der Waals surface area contributed by atoms with Crippen molar-refractivity contribution in [2.45, 2.75) is 49.7 Å². The van der Waals surface area contributed by atoms with Crippen molar-refractivity contribution in [3.05, 3.63) is 16.7 Å². The lowest BCUT2D eigenvalue weighted by Gasteiger charge is -2.21. The number of guanidine groups is 1. The second-order valence-electron chi connectivity index (χ2n) is 8.18. The highest BCUT2D eigenvalue weighted by atomic mass is 31.2. The molecule has 0 spiro atoms. The number of aromatic nitrogens is 4. The highest BCUT2D eigenvalue weighted by molar-refractivity contribution is 7.47. The van der Waals surface area contributed by atoms with Crippen molar-refractivity contribution < 1.29 is 43.0 Å². The SMILES string of the molecule is NC(N)=NC(=O)N[C@@H]1C[C@@H](OP(=O)(O)OCC2O[C@@H](n3cnc4c(=O)[nH]c(N)nc43)C[C@H]2O)C(CO)O1. The Morgan fingerprint density at radius 3 is 2.81 bits per heavy atom. The Hall–Kier alpha value is -3.16. The minimum atomic E-state index is -4.74. The molecule has 2 amide bonds. The zero-order chi connectivity index (χ0) is 26.9. The molecule has 0 saturated carbocycles. The van der Waals surface area contributed by atoms with Gasteiger partial charge < -0.3 is 47.1 Å². The van der Waals surface area contributed by atoms with Gasteiger partial charge in [-0.05, 0) is 0 Å². The summed E-state index contributed by atoms with van der Waals surface area (Å²) in [6.45, 7) is -1.14. The molecule has 4 heterocycles. The lowest BCUT2D eigenvalue weighted by Crippen LogP contribution is -2.35. The van der Waals surface area contributed by atoms with Gasteiger partial charge in [-0.3, -0.25) is 23.4 Å². The van der Waals surface area contributed by atoms with Gasteiger partial charge in [0.15, 0.2) is 17.1 Å². The number of H-pyrrole nitrogens is 1. The summed E-state index contributed by atoms with van der Waals surface area (Å²) in [7, 11) is -4.74. The summed E-state index contributed by atoms with van der Waals surface area (Å²) in [5.41, 5.74) is 15.4. The molecule has 0 radical (unpaired) electrons. The van der Waals surface area contributed by atoms with Crippen molar-refractivity contribution in [1.29, 1.82) is 0 Å². The number of nitrogens with one attached hydrogen (secondary N) is 2. The number of hydrogen-bond acceptors (Lipinski definition) is 12. The van der Waals surface area contributed by atoms with Gasteiger partial charge in [-0.25, -0.2) is 14.3 Å². The molecule has 2 fully saturated rings. The maximum absolute atomic E-state index is 12.5. The number of aliphatic hydroxyl groups excluding tert-OH is 2. The van der Waals surface area contributed by atoms with E-state index < -0.39 is 75.5 Å². The number of carbonyl (C=O) groups excluding carboxylic acids is 1. The number of phosphoric ester groups is 1. The predicted octanol–water partition coefficient (Wildman–Crippen LogP) is -3.06. The average molecular weight is 547 g/mol. The predicted molar refractivity (Wildman–Crippen MR) is 122 cm³/mol. The van der Waals surface area contributed by atoms with E-state index in [0.717, 1.165) is 0 Å². The molecule has 2 aliphatic heterocycles. The van der Waals surface area contributed by atoms with Crippen molar-refractivity contribution in [2.24, 2.45) is 16.5 Å². The normalized spacial score (nSPS) is 29.3. The molecule has 2 aromatic rings. The molecular formula is C17H26N9O10P. The number of hydrogen-bond donors (Lipinski definition) is 8. The molecule has 2 aromatic heterocycles. The van der Waals surface area contributed by atoms with Crippen LogP contribution in [0.2, 0.25) is 0 Å². The molecule has 7 atom stereocenters. The summed E-state index contributed by atoms with van der Waals surface area (Å²) >= 11 is 0. The number of rotatable bonds is 8. The number of fused-ring (bicyclic) bond motifs is 1. The van der Waals surface area contributed by atoms with E-state index in [0.29, 0.717) is 0 Å². The Kier molecular flexibility index (Phi) is 7.76. The average Bonchev–Trinajstić information content (AvgIpc) is 3.48. The fourth-order valence-corrected chi connectivity index (χ4v) is 4.89. The number of imidazole rings is 1. The second kappa shape index (κ2) is 10.7. The van der Waals surface area contributed by atoms with E-state index in [1.165, 1.54) is 10.9 Å². The molecule has 19 nitrogen and oxygen atoms in total. The van der Waals surface area contributed by atoms with Crippen LogP contribution in [0.3, 0.4) is 0 Å². The van der Waals surface area contributed by atoms with Crippen molar-refractivity contribution >= 4 is 36.9 Å². The number of urea groups is 1. The number of ether oxygens (including phenoxy) is 2. The van der Waals surface area contributed by atoms with Crippen molar-refractivity contribution in [2.75, 3.05) is 18.9 Å². The Morgan fingerprint density at radius 1 is 1.35 bits per heavy atom. The maximum atomic E-state index is 12.5. The van der Waals surface area contributed by atoms with Crippen LogP contribution in [0.15, 0.2) is 16.1 Å². The monoisotopic (exact) mass is 547 g/mol. The van der Waals surface area contributed by atoms with Crippen LogP contribution in [0.25, 0.3) is 11.2 Å². The van der Waals surface area contributed by atoms with E-state index in [9.17, 15) is 29.3 Å². The summed E-state index contributed by atoms with van der Waals surface area (Å²) in [5, 5.41) is 22.2. The first-order valence-electron chi connectivity index (χ1n) is 10.8. The van der Waals surface area contributed by atoms with E-state index >= 15 is 0 Å². The maximum Gasteiger partial charge on any atom is 0.472 e. The smallest absolute Gasteiger partial charge is 0.394 e. The third-order valence-electron chi connectivity index (χ3n) is 5.53. The highest BCUT2D eigenvalue weighted by Crippen LogP contribution is 2.48. The number of nitrogen functional groups attached to an aromatic ring is 1. The molecule has 2 saturated heterocycles. The Balaban J connectivity index is 1.34. The van der Waals surface area contributed by atoms with Crippen LogP contribution in [0, 0.1) is 0 Å². The number of nitrogens with two attached hydrogens (primary N) is 3. The first kappa shape index (κ1) is 26.9. The standard InChI is InChI=1S/C17H26N9O10P/c18-15(19)25-17(30)22-10-2-7(8(3-27)34-10)36-37(31,32)33-4-9-6(28)1-11(35-9)26-5-21-12-13(26)23-16(20)24-14(12)29/h5-11,27-28H,1-4H2,(H,31,32)(H3,20,23,24,29)(H5,18,19,22,25,30)/t6-,7-,8?,9?,10+,11-/m1/s1. The van der Waals surface area contributed by atoms with Gasteiger partial charge in [0.25, 0.3) is 5.56 Å². The molecular weight excluding hydrogens is 521 g/mol. The number of nitrogens with zero attached hydrogens (tertiary/aromatic N) is 4. The van der Waals surface area contributed by atoms with Gasteiger partial charge >= 0.3 is 13.9 Å². The number of aromatic amines is 1. The quantitative estimate of drug-likeness (QED) is 0.0924. The molecule has 4 rings (SSSR count). The third-order valence-corrected chi connectivity index (χ3v) is 6.54. The van der Waals surface area contributed by atoms with Crippen molar-refractivity contribution in [1.82, 2.24) is 24.8 Å². The third kappa shape index (κ3) is 6.22. The fraction of sp³-hybridized carbons (Fsp3) is 0.588. The van der Waals surface area contributed by atoms with Gasteiger partial charge in [0, 0.05) is 12.8 Å². The summed E-state index contributed by atoms with van der Waals surface area (Å²) in [4.78, 5) is 47.4. The van der Waals surface area contributed by atoms with Gasteiger partial charge in [-0.15, -0.1) is 0 Å². The van der Waals surface area contributed by atoms with Crippen LogP contribution >= 0.6 is 7.82 Å². The van der Waals surface area contributed by atoms with Gasteiger partial charge in [-0.1, -0.05) is 0 Å². The van der Waals surface area contributed by atoms with Gasteiger partial charge in [-0.2, -0.15) is 9.98 Å². The Morgan fingerprint density at radius 2 is 2.11 bits per heavy atom. The number of anilines is 1. The zero-order valence-electron chi connectivity index (χ0n) is 19.0.